The Balaban J connectivity index is 2.63. The van der Waals surface area contributed by atoms with E-state index in [9.17, 15) is 9.59 Å². The van der Waals surface area contributed by atoms with Crippen molar-refractivity contribution in [2.75, 3.05) is 13.7 Å². The minimum absolute atomic E-state index is 0.0630. The Hall–Kier alpha value is -1.39. The first-order valence-electron chi connectivity index (χ1n) is 4.57. The zero-order chi connectivity index (χ0) is 10.6. The number of carbonyl (C=O) groups is 2. The second-order valence-electron chi connectivity index (χ2n) is 3.18. The summed E-state index contributed by atoms with van der Waals surface area (Å²) in [6.45, 7) is 0.590. The van der Waals surface area contributed by atoms with Crippen LogP contribution in [0.3, 0.4) is 0 Å². The normalized spacial score (nSPS) is 20.6. The molecular formula is C9H14N2O3. The van der Waals surface area contributed by atoms with Crippen molar-refractivity contribution >= 4 is 18.1 Å². The lowest BCUT2D eigenvalue weighted by molar-refractivity contribution is -0.150. The fourth-order valence-electron chi connectivity index (χ4n) is 1.65. The van der Waals surface area contributed by atoms with Gasteiger partial charge in [-0.05, 0) is 12.8 Å². The molecule has 1 unspecified atom stereocenters. The molecule has 0 radical (unpaired) electrons. The summed E-state index contributed by atoms with van der Waals surface area (Å²) in [5.74, 6) is -0.534. The number of nitrogens with one attached hydrogen (secondary N) is 1. The standard InChI is InChI=1S/C9H14N2O3/c1-14-9(13)7-3-2-6-11(7)8(12)4-5-10/h5,7,10H,2-4,6H2,1H3. The van der Waals surface area contributed by atoms with Crippen LogP contribution >= 0.6 is 0 Å². The topological polar surface area (TPSA) is 70.5 Å². The largest absolute Gasteiger partial charge is 0.467 e. The molecule has 1 fully saturated rings. The van der Waals surface area contributed by atoms with Crippen LogP contribution in [-0.2, 0) is 14.3 Å². The van der Waals surface area contributed by atoms with Gasteiger partial charge in [-0.3, -0.25) is 4.79 Å². The number of nitrogens with zero attached hydrogens (tertiary/aromatic N) is 1. The fourth-order valence-corrected chi connectivity index (χ4v) is 1.65. The Kier molecular flexibility index (Phi) is 3.62. The maximum absolute atomic E-state index is 11.4. The lowest BCUT2D eigenvalue weighted by atomic mass is 10.2. The number of hydrogen-bond donors (Lipinski definition) is 1. The van der Waals surface area contributed by atoms with Crippen LogP contribution in [0.25, 0.3) is 0 Å². The fraction of sp³-hybridized carbons (Fsp3) is 0.667. The molecule has 1 amide bonds. The lowest BCUT2D eigenvalue weighted by Gasteiger charge is -2.21. The summed E-state index contributed by atoms with van der Waals surface area (Å²) in [4.78, 5) is 24.2. The molecule has 0 saturated carbocycles. The van der Waals surface area contributed by atoms with Gasteiger partial charge in [-0.15, -0.1) is 0 Å². The molecule has 1 atom stereocenters. The van der Waals surface area contributed by atoms with Crippen LogP contribution in [0, 0.1) is 5.41 Å². The van der Waals surface area contributed by atoms with Gasteiger partial charge in [0, 0.05) is 12.8 Å². The summed E-state index contributed by atoms with van der Waals surface area (Å²) >= 11 is 0. The van der Waals surface area contributed by atoms with Gasteiger partial charge in [-0.2, -0.15) is 0 Å². The Labute approximate surface area is 82.5 Å². The van der Waals surface area contributed by atoms with Crippen molar-refractivity contribution in [3.05, 3.63) is 0 Å². The van der Waals surface area contributed by atoms with Crippen molar-refractivity contribution in [1.29, 1.82) is 5.41 Å². The molecule has 0 spiro atoms. The third-order valence-corrected chi connectivity index (χ3v) is 2.32. The monoisotopic (exact) mass is 198 g/mol. The molecule has 1 saturated heterocycles. The van der Waals surface area contributed by atoms with E-state index in [0.717, 1.165) is 12.6 Å². The van der Waals surface area contributed by atoms with Crippen LogP contribution < -0.4 is 0 Å². The molecule has 0 aliphatic carbocycles. The summed E-state index contributed by atoms with van der Waals surface area (Å²) in [7, 11) is 1.32. The molecular weight excluding hydrogens is 184 g/mol. The number of hydrogen-bond acceptors (Lipinski definition) is 4. The number of esters is 1. The maximum atomic E-state index is 11.4. The Morgan fingerprint density at radius 2 is 2.36 bits per heavy atom. The molecule has 78 valence electrons. The van der Waals surface area contributed by atoms with Crippen molar-refractivity contribution in [1.82, 2.24) is 4.90 Å². The molecule has 1 N–H and O–H groups in total. The van der Waals surface area contributed by atoms with Gasteiger partial charge < -0.3 is 15.0 Å². The van der Waals surface area contributed by atoms with Crippen LogP contribution in [0.15, 0.2) is 0 Å². The van der Waals surface area contributed by atoms with Gasteiger partial charge in [-0.25, -0.2) is 4.79 Å². The molecule has 0 bridgehead atoms. The van der Waals surface area contributed by atoms with E-state index >= 15 is 0 Å². The van der Waals surface area contributed by atoms with E-state index in [2.05, 4.69) is 4.74 Å². The van der Waals surface area contributed by atoms with Gasteiger partial charge in [0.25, 0.3) is 0 Å². The first-order chi connectivity index (χ1) is 6.70. The number of amides is 1. The van der Waals surface area contributed by atoms with E-state index in [1.807, 2.05) is 0 Å². The van der Waals surface area contributed by atoms with Crippen molar-refractivity contribution in [2.45, 2.75) is 25.3 Å². The molecule has 0 aromatic rings. The highest BCUT2D eigenvalue weighted by Gasteiger charge is 2.33. The van der Waals surface area contributed by atoms with Crippen molar-refractivity contribution in [3.8, 4) is 0 Å². The zero-order valence-electron chi connectivity index (χ0n) is 8.16. The number of rotatable bonds is 3. The van der Waals surface area contributed by atoms with Gasteiger partial charge >= 0.3 is 5.97 Å². The van der Waals surface area contributed by atoms with Crippen molar-refractivity contribution in [3.63, 3.8) is 0 Å². The smallest absolute Gasteiger partial charge is 0.328 e. The molecule has 1 aliphatic rings. The minimum atomic E-state index is -0.438. The summed E-state index contributed by atoms with van der Waals surface area (Å²) in [6.07, 6.45) is 2.60. The van der Waals surface area contributed by atoms with Gasteiger partial charge in [0.15, 0.2) is 0 Å². The number of carbonyl (C=O) groups excluding carboxylic acids is 2. The highest BCUT2D eigenvalue weighted by molar-refractivity contribution is 5.92. The second kappa shape index (κ2) is 4.74. The Morgan fingerprint density at radius 1 is 1.64 bits per heavy atom. The average Bonchev–Trinajstić information content (AvgIpc) is 2.65. The van der Waals surface area contributed by atoms with Gasteiger partial charge in [0.2, 0.25) is 5.91 Å². The summed E-state index contributed by atoms with van der Waals surface area (Å²) < 4.78 is 4.60. The quantitative estimate of drug-likeness (QED) is 0.520. The molecule has 5 heteroatoms. The van der Waals surface area contributed by atoms with E-state index < -0.39 is 6.04 Å². The van der Waals surface area contributed by atoms with E-state index in [1.54, 1.807) is 0 Å². The van der Waals surface area contributed by atoms with Crippen LogP contribution in [0.4, 0.5) is 0 Å². The predicted octanol–water partition coefficient (Wildman–Crippen LogP) is 0.190. The molecule has 0 aromatic carbocycles. The number of ether oxygens (including phenoxy) is 1. The van der Waals surface area contributed by atoms with Crippen LogP contribution in [0.2, 0.25) is 0 Å². The van der Waals surface area contributed by atoms with Gasteiger partial charge in [-0.1, -0.05) is 0 Å². The lowest BCUT2D eigenvalue weighted by Crippen LogP contribution is -2.41. The summed E-state index contributed by atoms with van der Waals surface area (Å²) in [6, 6.07) is -0.438. The van der Waals surface area contributed by atoms with E-state index in [-0.39, 0.29) is 18.3 Å². The molecule has 1 heterocycles. The third-order valence-electron chi connectivity index (χ3n) is 2.32. The van der Waals surface area contributed by atoms with Gasteiger partial charge in [0.05, 0.1) is 13.5 Å². The predicted molar refractivity (Wildman–Crippen MR) is 50.2 cm³/mol. The maximum Gasteiger partial charge on any atom is 0.328 e. The first-order valence-corrected chi connectivity index (χ1v) is 4.57. The second-order valence-corrected chi connectivity index (χ2v) is 3.18. The zero-order valence-corrected chi connectivity index (χ0v) is 8.16. The van der Waals surface area contributed by atoms with Crippen LogP contribution in [-0.4, -0.2) is 42.7 Å². The van der Waals surface area contributed by atoms with Gasteiger partial charge in [0.1, 0.15) is 6.04 Å². The first kappa shape index (κ1) is 10.7. The van der Waals surface area contributed by atoms with E-state index in [1.165, 1.54) is 12.0 Å². The van der Waals surface area contributed by atoms with E-state index in [4.69, 9.17) is 5.41 Å². The van der Waals surface area contributed by atoms with Crippen molar-refractivity contribution in [2.24, 2.45) is 0 Å². The third kappa shape index (κ3) is 2.10. The Morgan fingerprint density at radius 3 is 2.93 bits per heavy atom. The average molecular weight is 198 g/mol. The van der Waals surface area contributed by atoms with Crippen molar-refractivity contribution < 1.29 is 14.3 Å². The molecule has 0 aromatic heterocycles. The van der Waals surface area contributed by atoms with Crippen LogP contribution in [0.5, 0.6) is 0 Å². The molecule has 14 heavy (non-hydrogen) atoms. The molecule has 5 nitrogen and oxygen atoms in total. The highest BCUT2D eigenvalue weighted by atomic mass is 16.5. The van der Waals surface area contributed by atoms with E-state index in [0.29, 0.717) is 13.0 Å². The number of methoxy groups -OCH3 is 1. The minimum Gasteiger partial charge on any atom is -0.467 e. The summed E-state index contributed by atoms with van der Waals surface area (Å²) in [5, 5.41) is 6.83. The Bertz CT molecular complexity index is 252. The molecule has 1 rings (SSSR count). The molecule has 1 aliphatic heterocycles. The SMILES string of the molecule is COC(=O)C1CCCN1C(=O)CC=N. The summed E-state index contributed by atoms with van der Waals surface area (Å²) in [5.41, 5.74) is 0. The number of likely N-dealkylation sites (tertiary alicyclic amines) is 1. The highest BCUT2D eigenvalue weighted by Crippen LogP contribution is 2.18. The van der Waals surface area contributed by atoms with Crippen LogP contribution in [0.1, 0.15) is 19.3 Å².